The smallest absolute Gasteiger partial charge is 0.217 e. The number of aromatic nitrogens is 3. The molecule has 10 nitrogen and oxygen atoms in total. The minimum atomic E-state index is -1.71. The van der Waals surface area contributed by atoms with Gasteiger partial charge < -0.3 is 24.6 Å². The van der Waals surface area contributed by atoms with E-state index < -0.39 is 30.6 Å². The van der Waals surface area contributed by atoms with Crippen molar-refractivity contribution in [2.75, 3.05) is 12.1 Å². The first-order valence-electron chi connectivity index (χ1n) is 6.75. The number of rotatable bonds is 3. The summed E-state index contributed by atoms with van der Waals surface area (Å²) in [4.78, 5) is 11.3. The maximum absolute atomic E-state index is 10.6. The van der Waals surface area contributed by atoms with Crippen LogP contribution < -0.4 is 5.48 Å². The number of aliphatic hydroxyl groups is 3. The third kappa shape index (κ3) is 2.14. The van der Waals surface area contributed by atoms with E-state index in [4.69, 9.17) is 16.5 Å². The van der Waals surface area contributed by atoms with E-state index in [1.54, 1.807) is 0 Å². The zero-order chi connectivity index (χ0) is 16.8. The second-order valence-electron chi connectivity index (χ2n) is 5.45. The van der Waals surface area contributed by atoms with Crippen molar-refractivity contribution in [3.05, 3.63) is 23.9 Å². The molecule has 1 saturated heterocycles. The predicted octanol–water partition coefficient (Wildman–Crippen LogP) is -0.215. The van der Waals surface area contributed by atoms with Crippen molar-refractivity contribution >= 4 is 22.5 Å². The molecule has 2 aromatic heterocycles. The fraction of sp³-hybridized carbons (Fsp3) is 0.462. The van der Waals surface area contributed by atoms with Crippen LogP contribution in [0.3, 0.4) is 0 Å². The van der Waals surface area contributed by atoms with Gasteiger partial charge in [0.05, 0.1) is 18.6 Å². The molecule has 10 heteroatoms. The average molecular weight is 321 g/mol. The molecule has 0 aliphatic carbocycles. The van der Waals surface area contributed by atoms with E-state index in [0.29, 0.717) is 0 Å². The largest absolute Gasteiger partial charge is 0.394 e. The predicted molar refractivity (Wildman–Crippen MR) is 76.8 cm³/mol. The van der Waals surface area contributed by atoms with E-state index in [-0.39, 0.29) is 22.5 Å². The summed E-state index contributed by atoms with van der Waals surface area (Å²) in [7, 11) is 0. The van der Waals surface area contributed by atoms with E-state index in [1.165, 1.54) is 24.0 Å². The first kappa shape index (κ1) is 15.6. The van der Waals surface area contributed by atoms with Crippen LogP contribution in [0.4, 0.5) is 11.5 Å². The molecule has 0 bridgehead atoms. The molecule has 1 aliphatic rings. The molecule has 122 valence electrons. The maximum Gasteiger partial charge on any atom is 0.217 e. The summed E-state index contributed by atoms with van der Waals surface area (Å²) in [6.07, 6.45) is -0.799. The molecule has 0 amide bonds. The van der Waals surface area contributed by atoms with E-state index in [1.807, 2.05) is 5.48 Å². The summed E-state index contributed by atoms with van der Waals surface area (Å²) in [5.74, 6) is 0.0386. The fourth-order valence-corrected chi connectivity index (χ4v) is 2.80. The van der Waals surface area contributed by atoms with Crippen molar-refractivity contribution in [2.45, 2.75) is 31.0 Å². The molecule has 3 rings (SSSR count). The van der Waals surface area contributed by atoms with Crippen molar-refractivity contribution in [3.63, 3.8) is 0 Å². The van der Waals surface area contributed by atoms with Gasteiger partial charge in [-0.05, 0) is 6.92 Å². The third-order valence-corrected chi connectivity index (χ3v) is 4.00. The number of anilines is 1. The van der Waals surface area contributed by atoms with Crippen LogP contribution in [0.1, 0.15) is 13.2 Å². The maximum atomic E-state index is 10.6. The van der Waals surface area contributed by atoms with E-state index in [0.717, 1.165) is 0 Å². The summed E-state index contributed by atoms with van der Waals surface area (Å²) in [6, 6.07) is 0. The molecule has 23 heavy (non-hydrogen) atoms. The van der Waals surface area contributed by atoms with Crippen LogP contribution in [0.15, 0.2) is 12.5 Å². The standard InChI is InChI=1S/C13H15N5O5/c1-13(21)9(20)7(4-19)23-12(13)18-3-6(14-2)8-10(17-22)15-5-16-11(8)18/h3,5,7,9,12,19-22H,4H2,1H3,(H,15,16,17)/t7-,9-,12-,13?/m1/s1. The van der Waals surface area contributed by atoms with E-state index >= 15 is 0 Å². The van der Waals surface area contributed by atoms with Gasteiger partial charge in [0, 0.05) is 6.20 Å². The lowest BCUT2D eigenvalue weighted by molar-refractivity contribution is -0.0947. The van der Waals surface area contributed by atoms with Crippen LogP contribution in [0.2, 0.25) is 0 Å². The van der Waals surface area contributed by atoms with E-state index in [9.17, 15) is 15.3 Å². The van der Waals surface area contributed by atoms with Crippen LogP contribution in [-0.4, -0.2) is 59.5 Å². The molecule has 4 atom stereocenters. The van der Waals surface area contributed by atoms with Crippen LogP contribution in [0.5, 0.6) is 0 Å². The topological polar surface area (TPSA) is 137 Å². The van der Waals surface area contributed by atoms with Crippen molar-refractivity contribution < 1.29 is 25.3 Å². The van der Waals surface area contributed by atoms with Gasteiger partial charge in [-0.1, -0.05) is 0 Å². The Morgan fingerprint density at radius 1 is 1.52 bits per heavy atom. The van der Waals surface area contributed by atoms with Gasteiger partial charge >= 0.3 is 0 Å². The lowest BCUT2D eigenvalue weighted by Crippen LogP contribution is -2.44. The Bertz CT molecular complexity index is 783. The van der Waals surface area contributed by atoms with Crippen LogP contribution in [0, 0.1) is 6.57 Å². The molecule has 1 aliphatic heterocycles. The summed E-state index contributed by atoms with van der Waals surface area (Å²) in [5, 5.41) is 39.3. The van der Waals surface area contributed by atoms with Gasteiger partial charge in [0.2, 0.25) is 5.69 Å². The van der Waals surface area contributed by atoms with Crippen molar-refractivity contribution in [1.29, 1.82) is 0 Å². The Hall–Kier alpha value is -2.29. The minimum absolute atomic E-state index is 0.0386. The van der Waals surface area contributed by atoms with Crippen molar-refractivity contribution in [2.24, 2.45) is 0 Å². The molecular weight excluding hydrogens is 306 g/mol. The number of hydrogen-bond donors (Lipinski definition) is 5. The minimum Gasteiger partial charge on any atom is -0.394 e. The molecule has 1 fully saturated rings. The van der Waals surface area contributed by atoms with Crippen LogP contribution in [-0.2, 0) is 4.74 Å². The Morgan fingerprint density at radius 2 is 2.26 bits per heavy atom. The Morgan fingerprint density at radius 3 is 2.83 bits per heavy atom. The molecular formula is C13H15N5O5. The third-order valence-electron chi connectivity index (χ3n) is 4.00. The monoisotopic (exact) mass is 321 g/mol. The van der Waals surface area contributed by atoms with Gasteiger partial charge in [0.25, 0.3) is 0 Å². The molecule has 2 aromatic rings. The van der Waals surface area contributed by atoms with Crippen molar-refractivity contribution in [3.8, 4) is 0 Å². The fourth-order valence-electron chi connectivity index (χ4n) is 2.80. The molecule has 0 radical (unpaired) electrons. The lowest BCUT2D eigenvalue weighted by Gasteiger charge is -2.27. The van der Waals surface area contributed by atoms with Crippen LogP contribution in [0.25, 0.3) is 15.9 Å². The molecule has 5 N–H and O–H groups in total. The lowest BCUT2D eigenvalue weighted by atomic mass is 9.96. The quantitative estimate of drug-likeness (QED) is 0.387. The number of fused-ring (bicyclic) bond motifs is 1. The highest BCUT2D eigenvalue weighted by atomic mass is 16.6. The molecule has 0 spiro atoms. The second-order valence-corrected chi connectivity index (χ2v) is 5.45. The Kier molecular flexibility index (Phi) is 3.67. The van der Waals surface area contributed by atoms with E-state index in [2.05, 4.69) is 14.8 Å². The summed E-state index contributed by atoms with van der Waals surface area (Å²) in [6.45, 7) is 8.15. The number of hydrogen-bond acceptors (Lipinski definition) is 8. The number of ether oxygens (including phenoxy) is 1. The molecule has 0 aromatic carbocycles. The number of nitrogens with zero attached hydrogens (tertiary/aromatic N) is 4. The average Bonchev–Trinajstić information content (AvgIpc) is 3.03. The first-order chi connectivity index (χ1) is 11.0. The van der Waals surface area contributed by atoms with Crippen LogP contribution >= 0.6 is 0 Å². The first-order valence-corrected chi connectivity index (χ1v) is 6.75. The van der Waals surface area contributed by atoms with Gasteiger partial charge in [-0.15, -0.1) is 0 Å². The summed E-state index contributed by atoms with van der Waals surface area (Å²) >= 11 is 0. The summed E-state index contributed by atoms with van der Waals surface area (Å²) < 4.78 is 6.91. The highest BCUT2D eigenvalue weighted by molar-refractivity contribution is 5.99. The molecule has 3 heterocycles. The highest BCUT2D eigenvalue weighted by Crippen LogP contribution is 2.42. The molecule has 0 saturated carbocycles. The molecule has 1 unspecified atom stereocenters. The Labute approximate surface area is 130 Å². The number of aliphatic hydroxyl groups excluding tert-OH is 2. The second kappa shape index (κ2) is 5.41. The normalized spacial score (nSPS) is 30.5. The highest BCUT2D eigenvalue weighted by Gasteiger charge is 2.53. The number of nitrogens with one attached hydrogen (secondary N) is 1. The zero-order valence-corrected chi connectivity index (χ0v) is 12.1. The SMILES string of the molecule is [C-]#[N+]c1cn([C@@H]2O[C@H](CO)[C@@H](O)C2(C)O)c2ncnc(NO)c12. The summed E-state index contributed by atoms with van der Waals surface area (Å²) in [5.41, 5.74) is 0.558. The van der Waals surface area contributed by atoms with Gasteiger partial charge in [-0.3, -0.25) is 10.7 Å². The van der Waals surface area contributed by atoms with Gasteiger partial charge in [-0.25, -0.2) is 14.8 Å². The Balaban J connectivity index is 2.20. The van der Waals surface area contributed by atoms with Gasteiger partial charge in [0.1, 0.15) is 29.8 Å². The van der Waals surface area contributed by atoms with Crippen molar-refractivity contribution in [1.82, 2.24) is 14.5 Å². The van der Waals surface area contributed by atoms with Gasteiger partial charge in [-0.2, -0.15) is 0 Å². The zero-order valence-electron chi connectivity index (χ0n) is 12.1. The van der Waals surface area contributed by atoms with Gasteiger partial charge in [0.15, 0.2) is 12.0 Å².